The van der Waals surface area contributed by atoms with Crippen LogP contribution in [-0.2, 0) is 4.74 Å². The van der Waals surface area contributed by atoms with Crippen LogP contribution < -0.4 is 0 Å². The molecule has 2 atom stereocenters. The van der Waals surface area contributed by atoms with Gasteiger partial charge < -0.3 is 4.74 Å². The average Bonchev–Trinajstić information content (AvgIpc) is 2.56. The molecule has 10 heavy (non-hydrogen) atoms. The molecule has 0 unspecified atom stereocenters. The molecule has 1 aliphatic heterocycles. The maximum atomic E-state index is 8.40. The van der Waals surface area contributed by atoms with E-state index in [0.29, 0.717) is 0 Å². The summed E-state index contributed by atoms with van der Waals surface area (Å²) in [4.78, 5) is 1.16. The van der Waals surface area contributed by atoms with Gasteiger partial charge in [0.1, 0.15) is 6.10 Å². The predicted octanol–water partition coefficient (Wildman–Crippen LogP) is 1.71. The second kappa shape index (κ2) is 2.08. The van der Waals surface area contributed by atoms with Crippen LogP contribution in [0.25, 0.3) is 0 Å². The standard InChI is InChI=1S/C7H5NOS/c8-4-5-7(9-5)6-2-1-3-10-6/h1-3,5,7H/t5-,7+/m1/s1. The van der Waals surface area contributed by atoms with Crippen molar-refractivity contribution in [3.05, 3.63) is 22.4 Å². The van der Waals surface area contributed by atoms with Crippen molar-refractivity contribution < 1.29 is 4.74 Å². The molecule has 0 aromatic carbocycles. The lowest BCUT2D eigenvalue weighted by molar-refractivity contribution is 0.398. The molecule has 2 nitrogen and oxygen atoms in total. The van der Waals surface area contributed by atoms with Gasteiger partial charge in [0.15, 0.2) is 6.10 Å². The van der Waals surface area contributed by atoms with Crippen LogP contribution in [-0.4, -0.2) is 6.10 Å². The lowest BCUT2D eigenvalue weighted by atomic mass is 10.3. The molecule has 2 heterocycles. The van der Waals surface area contributed by atoms with E-state index in [4.69, 9.17) is 10.00 Å². The van der Waals surface area contributed by atoms with Crippen molar-refractivity contribution in [2.75, 3.05) is 0 Å². The van der Waals surface area contributed by atoms with Gasteiger partial charge in [0.25, 0.3) is 0 Å². The first-order valence-electron chi connectivity index (χ1n) is 3.00. The fourth-order valence-corrected chi connectivity index (χ4v) is 1.66. The maximum absolute atomic E-state index is 8.40. The van der Waals surface area contributed by atoms with Crippen molar-refractivity contribution in [3.63, 3.8) is 0 Å². The normalized spacial score (nSPS) is 29.5. The Bertz CT molecular complexity index is 262. The fraction of sp³-hybridized carbons (Fsp3) is 0.286. The SMILES string of the molecule is N#C[C@H]1O[C@@H]1c1cccs1. The molecule has 1 fully saturated rings. The Morgan fingerprint density at radius 3 is 3.10 bits per heavy atom. The van der Waals surface area contributed by atoms with Crippen LogP contribution in [0.15, 0.2) is 17.5 Å². The molecule has 3 heteroatoms. The summed E-state index contributed by atoms with van der Waals surface area (Å²) in [5.41, 5.74) is 0. The Kier molecular flexibility index (Phi) is 1.23. The van der Waals surface area contributed by atoms with Crippen molar-refractivity contribution in [2.45, 2.75) is 12.2 Å². The summed E-state index contributed by atoms with van der Waals surface area (Å²) in [6.45, 7) is 0. The van der Waals surface area contributed by atoms with Gasteiger partial charge in [-0.25, -0.2) is 0 Å². The van der Waals surface area contributed by atoms with Gasteiger partial charge in [-0.3, -0.25) is 0 Å². The molecule has 50 valence electrons. The zero-order valence-electron chi connectivity index (χ0n) is 5.15. The molecule has 0 N–H and O–H groups in total. The molecule has 1 aliphatic rings. The molecule has 1 aromatic heterocycles. The zero-order chi connectivity index (χ0) is 6.97. The Morgan fingerprint density at radius 2 is 2.60 bits per heavy atom. The summed E-state index contributed by atoms with van der Waals surface area (Å²) < 4.78 is 5.06. The zero-order valence-corrected chi connectivity index (χ0v) is 5.97. The molecule has 0 amide bonds. The minimum Gasteiger partial charge on any atom is -0.347 e. The second-order valence-corrected chi connectivity index (χ2v) is 3.10. The summed E-state index contributed by atoms with van der Waals surface area (Å²) in [7, 11) is 0. The second-order valence-electron chi connectivity index (χ2n) is 2.12. The van der Waals surface area contributed by atoms with Gasteiger partial charge in [-0.2, -0.15) is 5.26 Å². The third kappa shape index (κ3) is 0.821. The molecule has 0 spiro atoms. The van der Waals surface area contributed by atoms with Crippen LogP contribution in [0, 0.1) is 11.3 Å². The molecule has 0 saturated carbocycles. The van der Waals surface area contributed by atoms with E-state index in [0.717, 1.165) is 4.88 Å². The Balaban J connectivity index is 2.13. The number of thiophene rings is 1. The molecule has 0 radical (unpaired) electrons. The lowest BCUT2D eigenvalue weighted by Gasteiger charge is -1.80. The first-order chi connectivity index (χ1) is 4.92. The highest BCUT2D eigenvalue weighted by Gasteiger charge is 2.40. The average molecular weight is 151 g/mol. The van der Waals surface area contributed by atoms with E-state index in [1.165, 1.54) is 0 Å². The number of hydrogen-bond acceptors (Lipinski definition) is 3. The number of epoxide rings is 1. The summed E-state index contributed by atoms with van der Waals surface area (Å²) in [6.07, 6.45) is -0.108. The summed E-state index contributed by atoms with van der Waals surface area (Å²) in [5.74, 6) is 0. The smallest absolute Gasteiger partial charge is 0.175 e. The van der Waals surface area contributed by atoms with Crippen LogP contribution >= 0.6 is 11.3 Å². The quantitative estimate of drug-likeness (QED) is 0.573. The fourth-order valence-electron chi connectivity index (χ4n) is 0.880. The van der Waals surface area contributed by atoms with Crippen molar-refractivity contribution in [1.82, 2.24) is 0 Å². The van der Waals surface area contributed by atoms with Crippen molar-refractivity contribution in [1.29, 1.82) is 5.26 Å². The van der Waals surface area contributed by atoms with Gasteiger partial charge in [-0.1, -0.05) is 6.07 Å². The van der Waals surface area contributed by atoms with Crippen LogP contribution in [0.5, 0.6) is 0 Å². The van der Waals surface area contributed by atoms with Gasteiger partial charge in [-0.15, -0.1) is 11.3 Å². The van der Waals surface area contributed by atoms with E-state index < -0.39 is 0 Å². The van der Waals surface area contributed by atoms with Crippen LogP contribution in [0.1, 0.15) is 11.0 Å². The third-order valence-electron chi connectivity index (χ3n) is 1.44. The number of ether oxygens (including phenoxy) is 1. The highest BCUT2D eigenvalue weighted by molar-refractivity contribution is 7.10. The highest BCUT2D eigenvalue weighted by Crippen LogP contribution is 2.40. The minimum absolute atomic E-state index is 0.0741. The third-order valence-corrected chi connectivity index (χ3v) is 2.38. The van der Waals surface area contributed by atoms with Gasteiger partial charge in [-0.05, 0) is 11.4 Å². The van der Waals surface area contributed by atoms with Crippen LogP contribution in [0.3, 0.4) is 0 Å². The number of nitriles is 1. The van der Waals surface area contributed by atoms with E-state index in [1.807, 2.05) is 17.5 Å². The molecule has 2 rings (SSSR count). The first-order valence-corrected chi connectivity index (χ1v) is 3.88. The van der Waals surface area contributed by atoms with E-state index in [1.54, 1.807) is 11.3 Å². The van der Waals surface area contributed by atoms with E-state index >= 15 is 0 Å². The molecule has 1 saturated heterocycles. The van der Waals surface area contributed by atoms with Crippen molar-refractivity contribution in [2.24, 2.45) is 0 Å². The van der Waals surface area contributed by atoms with Gasteiger partial charge in [0, 0.05) is 4.88 Å². The summed E-state index contributed by atoms with van der Waals surface area (Å²) in [6, 6.07) is 6.02. The van der Waals surface area contributed by atoms with Crippen molar-refractivity contribution in [3.8, 4) is 6.07 Å². The number of nitrogens with zero attached hydrogens (tertiary/aromatic N) is 1. The molecular formula is C7H5NOS. The largest absolute Gasteiger partial charge is 0.347 e. The summed E-state index contributed by atoms with van der Waals surface area (Å²) >= 11 is 1.64. The van der Waals surface area contributed by atoms with Gasteiger partial charge >= 0.3 is 0 Å². The number of rotatable bonds is 1. The van der Waals surface area contributed by atoms with E-state index in [9.17, 15) is 0 Å². The van der Waals surface area contributed by atoms with E-state index in [2.05, 4.69) is 6.07 Å². The highest BCUT2D eigenvalue weighted by atomic mass is 32.1. The van der Waals surface area contributed by atoms with Gasteiger partial charge in [0.05, 0.1) is 6.07 Å². The summed E-state index contributed by atoms with van der Waals surface area (Å²) in [5, 5.41) is 10.4. The first kappa shape index (κ1) is 5.90. The molecule has 0 aliphatic carbocycles. The Hall–Kier alpha value is -0.850. The Morgan fingerprint density at radius 1 is 1.70 bits per heavy atom. The molecule has 1 aromatic rings. The van der Waals surface area contributed by atoms with Crippen LogP contribution in [0.2, 0.25) is 0 Å². The maximum Gasteiger partial charge on any atom is 0.175 e. The topological polar surface area (TPSA) is 36.3 Å². The minimum atomic E-state index is -0.182. The monoisotopic (exact) mass is 151 g/mol. The molecular weight excluding hydrogens is 146 g/mol. The van der Waals surface area contributed by atoms with Crippen LogP contribution in [0.4, 0.5) is 0 Å². The van der Waals surface area contributed by atoms with Gasteiger partial charge in [0.2, 0.25) is 0 Å². The lowest BCUT2D eigenvalue weighted by Crippen LogP contribution is -1.78. The molecule has 0 bridgehead atoms. The predicted molar refractivity (Wildman–Crippen MR) is 37.5 cm³/mol. The Labute approximate surface area is 62.7 Å². The van der Waals surface area contributed by atoms with Crippen molar-refractivity contribution >= 4 is 11.3 Å². The van der Waals surface area contributed by atoms with E-state index in [-0.39, 0.29) is 12.2 Å². The number of hydrogen-bond donors (Lipinski definition) is 0.